The van der Waals surface area contributed by atoms with Gasteiger partial charge in [-0.15, -0.1) is 10.8 Å². The molecule has 4 N–H and O–H groups in total. The minimum atomic E-state index is -3.17. The average molecular weight is 546 g/mol. The van der Waals surface area contributed by atoms with E-state index in [4.69, 9.17) is 4.74 Å². The Labute approximate surface area is 219 Å². The zero-order valence-corrected chi connectivity index (χ0v) is 21.3. The van der Waals surface area contributed by atoms with E-state index in [1.165, 1.54) is 22.6 Å². The van der Waals surface area contributed by atoms with Gasteiger partial charge in [-0.25, -0.2) is 9.37 Å². The van der Waals surface area contributed by atoms with E-state index >= 15 is 0 Å². The Balaban J connectivity index is 1.45. The van der Waals surface area contributed by atoms with Gasteiger partial charge in [0, 0.05) is 43.3 Å². The fourth-order valence-electron chi connectivity index (χ4n) is 4.60. The standard InChI is InChI=1S/C25H28FN5O6S/c26-17-6-5-16(19(14-17)25(34)30-9-11-37-12-10-30)15-28-24(33)21-22(32)20-18(4-3-7-27-20)23(29-21)31-8-1-2-13-38(31,35)36/h3-7,14,32,35-36H,1-2,8-13,15H2,(H,28,33). The summed E-state index contributed by atoms with van der Waals surface area (Å²) >= 11 is 0. The van der Waals surface area contributed by atoms with Crippen LogP contribution in [0.3, 0.4) is 0 Å². The van der Waals surface area contributed by atoms with Crippen LogP contribution in [-0.4, -0.2) is 79.5 Å². The van der Waals surface area contributed by atoms with Crippen molar-refractivity contribution in [1.29, 1.82) is 0 Å². The summed E-state index contributed by atoms with van der Waals surface area (Å²) in [6.45, 7) is 1.70. The van der Waals surface area contributed by atoms with E-state index in [0.717, 1.165) is 6.07 Å². The molecule has 4 heterocycles. The minimum absolute atomic E-state index is 0.0911. The van der Waals surface area contributed by atoms with Crippen molar-refractivity contribution >= 4 is 39.3 Å². The van der Waals surface area contributed by atoms with E-state index in [1.54, 1.807) is 17.0 Å². The van der Waals surface area contributed by atoms with Crippen molar-refractivity contribution in [2.24, 2.45) is 0 Å². The van der Waals surface area contributed by atoms with E-state index in [1.807, 2.05) is 0 Å². The Morgan fingerprint density at radius 1 is 1.13 bits per heavy atom. The van der Waals surface area contributed by atoms with Crippen molar-refractivity contribution in [2.45, 2.75) is 19.4 Å². The summed E-state index contributed by atoms with van der Waals surface area (Å²) in [6.07, 6.45) is 2.79. The number of pyridine rings is 2. The van der Waals surface area contributed by atoms with E-state index in [-0.39, 0.29) is 40.8 Å². The first kappa shape index (κ1) is 26.1. The molecule has 0 atom stereocenters. The second kappa shape index (κ2) is 10.7. The van der Waals surface area contributed by atoms with E-state index in [2.05, 4.69) is 15.3 Å². The normalized spacial score (nSPS) is 18.3. The lowest BCUT2D eigenvalue weighted by molar-refractivity contribution is 0.0301. The highest BCUT2D eigenvalue weighted by Gasteiger charge is 2.32. The summed E-state index contributed by atoms with van der Waals surface area (Å²) < 4.78 is 42.1. The highest BCUT2D eigenvalue weighted by Crippen LogP contribution is 2.51. The molecule has 202 valence electrons. The number of nitrogens with zero attached hydrogens (tertiary/aromatic N) is 4. The van der Waals surface area contributed by atoms with Gasteiger partial charge in [-0.05, 0) is 42.7 Å². The van der Waals surface area contributed by atoms with Crippen LogP contribution in [0.25, 0.3) is 10.9 Å². The summed E-state index contributed by atoms with van der Waals surface area (Å²) in [6, 6.07) is 7.02. The minimum Gasteiger partial charge on any atom is -0.504 e. The third-order valence-corrected chi connectivity index (χ3v) is 8.49. The van der Waals surface area contributed by atoms with Crippen molar-refractivity contribution in [3.05, 3.63) is 59.2 Å². The smallest absolute Gasteiger partial charge is 0.274 e. The van der Waals surface area contributed by atoms with Crippen LogP contribution in [0.1, 0.15) is 39.3 Å². The molecule has 11 nitrogen and oxygen atoms in total. The molecule has 0 bridgehead atoms. The first-order chi connectivity index (χ1) is 18.3. The molecule has 2 aromatic heterocycles. The maximum absolute atomic E-state index is 14.0. The molecular formula is C25H28FN5O6S. The van der Waals surface area contributed by atoms with Crippen LogP contribution in [0, 0.1) is 5.82 Å². The molecule has 13 heteroatoms. The van der Waals surface area contributed by atoms with Gasteiger partial charge in [0.05, 0.1) is 19.0 Å². The number of benzene rings is 1. The highest BCUT2D eigenvalue weighted by atomic mass is 32.3. The summed E-state index contributed by atoms with van der Waals surface area (Å²) in [5, 5.41) is 13.9. The topological polar surface area (TPSA) is 148 Å². The maximum Gasteiger partial charge on any atom is 0.274 e. The molecule has 2 aliphatic heterocycles. The number of aromatic hydroxyl groups is 1. The highest BCUT2D eigenvalue weighted by molar-refractivity contribution is 8.25. The number of hydrogen-bond acceptors (Lipinski definition) is 9. The number of amides is 2. The molecule has 0 unspecified atom stereocenters. The molecule has 0 radical (unpaired) electrons. The average Bonchev–Trinajstić information content (AvgIpc) is 2.93. The number of anilines is 1. The molecule has 0 saturated carbocycles. The van der Waals surface area contributed by atoms with Crippen molar-refractivity contribution < 1.29 is 32.9 Å². The molecule has 2 saturated heterocycles. The van der Waals surface area contributed by atoms with Crippen LogP contribution < -0.4 is 9.62 Å². The van der Waals surface area contributed by atoms with Crippen LogP contribution in [0.4, 0.5) is 10.2 Å². The monoisotopic (exact) mass is 545 g/mol. The lowest BCUT2D eigenvalue weighted by Gasteiger charge is -2.47. The lowest BCUT2D eigenvalue weighted by Crippen LogP contribution is -2.41. The fraction of sp³-hybridized carbons (Fsp3) is 0.360. The zero-order valence-electron chi connectivity index (χ0n) is 20.5. The van der Waals surface area contributed by atoms with Crippen LogP contribution in [0.2, 0.25) is 0 Å². The first-order valence-corrected chi connectivity index (χ1v) is 13.9. The quantitative estimate of drug-likeness (QED) is 0.379. The Morgan fingerprint density at radius 3 is 2.68 bits per heavy atom. The molecule has 2 fully saturated rings. The number of aromatic nitrogens is 2. The van der Waals surface area contributed by atoms with Gasteiger partial charge in [-0.2, -0.15) is 0 Å². The summed E-state index contributed by atoms with van der Waals surface area (Å²) in [5.41, 5.74) is 0.246. The van der Waals surface area contributed by atoms with Crippen molar-refractivity contribution in [1.82, 2.24) is 20.2 Å². The molecule has 2 amide bonds. The first-order valence-electron chi connectivity index (χ1n) is 12.2. The zero-order chi connectivity index (χ0) is 26.9. The van der Waals surface area contributed by atoms with Crippen LogP contribution in [-0.2, 0) is 11.3 Å². The lowest BCUT2D eigenvalue weighted by atomic mass is 10.1. The Bertz CT molecular complexity index is 1380. The van der Waals surface area contributed by atoms with Crippen LogP contribution in [0.15, 0.2) is 36.5 Å². The van der Waals surface area contributed by atoms with Gasteiger partial charge in [-0.1, -0.05) is 6.07 Å². The molecule has 1 aromatic carbocycles. The summed E-state index contributed by atoms with van der Waals surface area (Å²) in [5.74, 6) is -1.87. The number of carbonyl (C=O) groups excluding carboxylic acids is 2. The molecule has 5 rings (SSSR count). The van der Waals surface area contributed by atoms with Gasteiger partial charge in [-0.3, -0.25) is 28.0 Å². The SMILES string of the molecule is O=C(NCc1ccc(F)cc1C(=O)N1CCOCC1)c1nc(N2CCCCS2(O)O)c2cccnc2c1O. The van der Waals surface area contributed by atoms with E-state index < -0.39 is 28.2 Å². The third kappa shape index (κ3) is 5.10. The number of carbonyl (C=O) groups is 2. The second-order valence-corrected chi connectivity index (χ2v) is 11.2. The van der Waals surface area contributed by atoms with Gasteiger partial charge in [0.2, 0.25) is 0 Å². The molecule has 2 aliphatic rings. The van der Waals surface area contributed by atoms with Crippen LogP contribution >= 0.6 is 10.8 Å². The number of halogens is 1. The van der Waals surface area contributed by atoms with Crippen molar-refractivity contribution in [3.63, 3.8) is 0 Å². The van der Waals surface area contributed by atoms with Gasteiger partial charge >= 0.3 is 0 Å². The predicted molar refractivity (Wildman–Crippen MR) is 140 cm³/mol. The van der Waals surface area contributed by atoms with Gasteiger partial charge in [0.1, 0.15) is 11.3 Å². The van der Waals surface area contributed by atoms with Crippen LogP contribution in [0.5, 0.6) is 5.75 Å². The van der Waals surface area contributed by atoms with E-state index in [9.17, 15) is 28.2 Å². The molecule has 0 spiro atoms. The Kier molecular flexibility index (Phi) is 7.34. The van der Waals surface area contributed by atoms with Crippen molar-refractivity contribution in [3.8, 4) is 5.75 Å². The second-order valence-electron chi connectivity index (χ2n) is 9.07. The Hall–Kier alpha value is -3.52. The fourth-order valence-corrected chi connectivity index (χ4v) is 6.25. The van der Waals surface area contributed by atoms with Gasteiger partial charge < -0.3 is 20.1 Å². The molecule has 3 aromatic rings. The number of morpholine rings is 1. The van der Waals surface area contributed by atoms with Crippen molar-refractivity contribution in [2.75, 3.05) is 42.9 Å². The molecule has 38 heavy (non-hydrogen) atoms. The van der Waals surface area contributed by atoms with Gasteiger partial charge in [0.15, 0.2) is 17.3 Å². The summed E-state index contributed by atoms with van der Waals surface area (Å²) in [7, 11) is -3.17. The van der Waals surface area contributed by atoms with Gasteiger partial charge in [0.25, 0.3) is 11.8 Å². The largest absolute Gasteiger partial charge is 0.504 e. The molecule has 0 aliphatic carbocycles. The third-order valence-electron chi connectivity index (χ3n) is 6.59. The van der Waals surface area contributed by atoms with E-state index in [0.29, 0.717) is 56.6 Å². The predicted octanol–water partition coefficient (Wildman–Crippen LogP) is 3.14. The maximum atomic E-state index is 14.0. The number of nitrogens with one attached hydrogen (secondary N) is 1. The number of fused-ring (bicyclic) bond motifs is 1. The number of rotatable bonds is 5. The summed E-state index contributed by atoms with van der Waals surface area (Å²) in [4.78, 5) is 36.4. The number of ether oxygens (including phenoxy) is 1. The number of hydrogen-bond donors (Lipinski definition) is 4. The molecular weight excluding hydrogens is 517 g/mol. The Morgan fingerprint density at radius 2 is 1.92 bits per heavy atom.